The van der Waals surface area contributed by atoms with Crippen molar-refractivity contribution >= 4 is 17.7 Å². The zero-order valence-corrected chi connectivity index (χ0v) is 12.6. The number of nitro groups is 1. The molecule has 1 heterocycles. The number of nitriles is 1. The Hall–Kier alpha value is -3.40. The van der Waals surface area contributed by atoms with Gasteiger partial charge >= 0.3 is 0 Å². The highest BCUT2D eigenvalue weighted by Crippen LogP contribution is 2.25. The molecule has 0 saturated heterocycles. The van der Waals surface area contributed by atoms with Gasteiger partial charge in [0.15, 0.2) is 0 Å². The smallest absolute Gasteiger partial charge is 0.269 e. The van der Waals surface area contributed by atoms with Crippen molar-refractivity contribution in [2.45, 2.75) is 18.9 Å². The molecule has 1 aliphatic carbocycles. The van der Waals surface area contributed by atoms with Gasteiger partial charge in [0.1, 0.15) is 23.2 Å². The van der Waals surface area contributed by atoms with Gasteiger partial charge < -0.3 is 9.73 Å². The normalized spacial score (nSPS) is 14.0. The van der Waals surface area contributed by atoms with Crippen LogP contribution in [0.25, 0.3) is 17.4 Å². The maximum atomic E-state index is 11.9. The molecular formula is C17H13N3O4. The zero-order valence-electron chi connectivity index (χ0n) is 12.6. The summed E-state index contributed by atoms with van der Waals surface area (Å²) in [4.78, 5) is 22.1. The molecule has 120 valence electrons. The van der Waals surface area contributed by atoms with E-state index >= 15 is 0 Å². The third kappa shape index (κ3) is 3.50. The van der Waals surface area contributed by atoms with Crippen LogP contribution in [-0.2, 0) is 4.79 Å². The van der Waals surface area contributed by atoms with Gasteiger partial charge in [-0.15, -0.1) is 0 Å². The predicted molar refractivity (Wildman–Crippen MR) is 85.6 cm³/mol. The number of hydrogen-bond donors (Lipinski definition) is 1. The number of benzene rings is 1. The van der Waals surface area contributed by atoms with Crippen LogP contribution in [0.2, 0.25) is 0 Å². The van der Waals surface area contributed by atoms with Gasteiger partial charge in [0, 0.05) is 29.8 Å². The van der Waals surface area contributed by atoms with Crippen LogP contribution in [0.1, 0.15) is 18.6 Å². The second-order valence-corrected chi connectivity index (χ2v) is 5.42. The van der Waals surface area contributed by atoms with E-state index in [1.165, 1.54) is 18.2 Å². The molecular weight excluding hydrogens is 310 g/mol. The molecule has 1 aromatic heterocycles. The van der Waals surface area contributed by atoms with Crippen LogP contribution in [0.5, 0.6) is 0 Å². The van der Waals surface area contributed by atoms with E-state index in [-0.39, 0.29) is 17.3 Å². The molecule has 1 fully saturated rings. The standard InChI is InChI=1S/C17H13N3O4/c18-10-12(17(21)19-13-3-4-13)9-15-7-8-16(24-15)11-1-5-14(6-2-11)20(22)23/h1-2,5-9,13H,3-4H2,(H,19,21)/b12-9+. The molecule has 0 spiro atoms. The fourth-order valence-corrected chi connectivity index (χ4v) is 2.11. The SMILES string of the molecule is N#C/C(=C\c1ccc(-c2ccc([N+](=O)[O-])cc2)o1)C(=O)NC1CC1. The van der Waals surface area contributed by atoms with Crippen molar-refractivity contribution in [3.8, 4) is 17.4 Å². The molecule has 3 rings (SSSR count). The topological polar surface area (TPSA) is 109 Å². The van der Waals surface area contributed by atoms with Crippen molar-refractivity contribution in [2.24, 2.45) is 0 Å². The minimum absolute atomic E-state index is 0.00561. The number of nitrogens with one attached hydrogen (secondary N) is 1. The fourth-order valence-electron chi connectivity index (χ4n) is 2.11. The van der Waals surface area contributed by atoms with Crippen LogP contribution in [0, 0.1) is 21.4 Å². The molecule has 1 N–H and O–H groups in total. The quantitative estimate of drug-likeness (QED) is 0.393. The molecule has 2 aromatic rings. The molecule has 7 heteroatoms. The summed E-state index contributed by atoms with van der Waals surface area (Å²) in [7, 11) is 0. The van der Waals surface area contributed by atoms with E-state index in [4.69, 9.17) is 9.68 Å². The van der Waals surface area contributed by atoms with E-state index < -0.39 is 10.8 Å². The Morgan fingerprint density at radius 1 is 1.29 bits per heavy atom. The summed E-state index contributed by atoms with van der Waals surface area (Å²) >= 11 is 0. The third-order valence-electron chi connectivity index (χ3n) is 3.55. The number of carbonyl (C=O) groups is 1. The first-order valence-electron chi connectivity index (χ1n) is 7.34. The maximum Gasteiger partial charge on any atom is 0.269 e. The summed E-state index contributed by atoms with van der Waals surface area (Å²) in [6, 6.07) is 11.3. The second kappa shape index (κ2) is 6.38. The van der Waals surface area contributed by atoms with Gasteiger partial charge in [-0.25, -0.2) is 0 Å². The molecule has 7 nitrogen and oxygen atoms in total. The molecule has 0 bridgehead atoms. The number of non-ortho nitro benzene ring substituents is 1. The van der Waals surface area contributed by atoms with Crippen molar-refractivity contribution in [1.82, 2.24) is 5.32 Å². The minimum atomic E-state index is -0.474. The molecule has 0 atom stereocenters. The van der Waals surface area contributed by atoms with E-state index in [2.05, 4.69) is 5.32 Å². The summed E-state index contributed by atoms with van der Waals surface area (Å²) in [5, 5.41) is 22.5. The number of hydrogen-bond acceptors (Lipinski definition) is 5. The second-order valence-electron chi connectivity index (χ2n) is 5.42. The van der Waals surface area contributed by atoms with Crippen LogP contribution in [0.3, 0.4) is 0 Å². The van der Waals surface area contributed by atoms with Crippen molar-refractivity contribution in [2.75, 3.05) is 0 Å². The first-order chi connectivity index (χ1) is 11.6. The van der Waals surface area contributed by atoms with Gasteiger partial charge in [0.2, 0.25) is 0 Å². The Balaban J connectivity index is 1.79. The molecule has 0 unspecified atom stereocenters. The van der Waals surface area contributed by atoms with E-state index in [1.54, 1.807) is 24.3 Å². The van der Waals surface area contributed by atoms with Crippen LogP contribution < -0.4 is 5.32 Å². The van der Waals surface area contributed by atoms with Crippen molar-refractivity contribution in [3.63, 3.8) is 0 Å². The van der Waals surface area contributed by atoms with E-state index in [0.29, 0.717) is 17.1 Å². The van der Waals surface area contributed by atoms with Crippen molar-refractivity contribution < 1.29 is 14.1 Å². The Labute approximate surface area is 137 Å². The number of furan rings is 1. The lowest BCUT2D eigenvalue weighted by atomic mass is 10.1. The van der Waals surface area contributed by atoms with E-state index in [0.717, 1.165) is 12.8 Å². The molecule has 1 aromatic carbocycles. The fraction of sp³-hybridized carbons (Fsp3) is 0.176. The highest BCUT2D eigenvalue weighted by Gasteiger charge is 2.24. The zero-order chi connectivity index (χ0) is 17.1. The van der Waals surface area contributed by atoms with Gasteiger partial charge in [-0.3, -0.25) is 14.9 Å². The lowest BCUT2D eigenvalue weighted by Crippen LogP contribution is -2.26. The number of amides is 1. The average Bonchev–Trinajstić information content (AvgIpc) is 3.27. The van der Waals surface area contributed by atoms with Crippen LogP contribution in [-0.4, -0.2) is 16.9 Å². The predicted octanol–water partition coefficient (Wildman–Crippen LogP) is 3.04. The molecule has 0 aliphatic heterocycles. The summed E-state index contributed by atoms with van der Waals surface area (Å²) in [6.45, 7) is 0. The highest BCUT2D eigenvalue weighted by molar-refractivity contribution is 6.01. The van der Waals surface area contributed by atoms with Gasteiger partial charge in [0.05, 0.1) is 4.92 Å². The number of rotatable bonds is 5. The van der Waals surface area contributed by atoms with Crippen molar-refractivity contribution in [3.05, 3.63) is 57.8 Å². The molecule has 1 amide bonds. The number of nitrogens with zero attached hydrogens (tertiary/aromatic N) is 2. The van der Waals surface area contributed by atoms with Gasteiger partial charge in [-0.05, 0) is 37.1 Å². The van der Waals surface area contributed by atoms with E-state index in [9.17, 15) is 14.9 Å². The number of nitro benzene ring substituents is 1. The molecule has 1 aliphatic rings. The Morgan fingerprint density at radius 3 is 2.58 bits per heavy atom. The average molecular weight is 323 g/mol. The lowest BCUT2D eigenvalue weighted by Gasteiger charge is -2.00. The molecule has 24 heavy (non-hydrogen) atoms. The summed E-state index contributed by atoms with van der Waals surface area (Å²) in [5.74, 6) is 0.454. The van der Waals surface area contributed by atoms with Crippen molar-refractivity contribution in [1.29, 1.82) is 5.26 Å². The van der Waals surface area contributed by atoms with Crippen LogP contribution in [0.4, 0.5) is 5.69 Å². The van der Waals surface area contributed by atoms with Crippen LogP contribution in [0.15, 0.2) is 46.4 Å². The highest BCUT2D eigenvalue weighted by atomic mass is 16.6. The number of carbonyl (C=O) groups excluding carboxylic acids is 1. The first-order valence-corrected chi connectivity index (χ1v) is 7.34. The largest absolute Gasteiger partial charge is 0.457 e. The summed E-state index contributed by atoms with van der Waals surface area (Å²) in [5.41, 5.74) is 0.640. The van der Waals surface area contributed by atoms with Gasteiger partial charge in [0.25, 0.3) is 11.6 Å². The summed E-state index contributed by atoms with van der Waals surface area (Å²) < 4.78 is 5.60. The lowest BCUT2D eigenvalue weighted by molar-refractivity contribution is -0.384. The maximum absolute atomic E-state index is 11.9. The minimum Gasteiger partial charge on any atom is -0.457 e. The van der Waals surface area contributed by atoms with E-state index in [1.807, 2.05) is 6.07 Å². The Kier molecular flexibility index (Phi) is 4.12. The summed E-state index contributed by atoms with van der Waals surface area (Å²) in [6.07, 6.45) is 3.26. The monoisotopic (exact) mass is 323 g/mol. The Bertz CT molecular complexity index is 855. The van der Waals surface area contributed by atoms with Gasteiger partial charge in [-0.2, -0.15) is 5.26 Å². The molecule has 1 saturated carbocycles. The van der Waals surface area contributed by atoms with Crippen LogP contribution >= 0.6 is 0 Å². The Morgan fingerprint density at radius 2 is 2.00 bits per heavy atom. The third-order valence-corrected chi connectivity index (χ3v) is 3.55. The molecule has 0 radical (unpaired) electrons. The first kappa shape index (κ1) is 15.5. The van der Waals surface area contributed by atoms with Gasteiger partial charge in [-0.1, -0.05) is 0 Å².